The molecule has 0 aliphatic heterocycles. The quantitative estimate of drug-likeness (QED) is 0.237. The van der Waals surface area contributed by atoms with E-state index in [0.29, 0.717) is 23.5 Å². The summed E-state index contributed by atoms with van der Waals surface area (Å²) in [5.74, 6) is -0.0579. The molecule has 7 heteroatoms. The van der Waals surface area contributed by atoms with Crippen LogP contribution in [0.3, 0.4) is 0 Å². The first kappa shape index (κ1) is 20.6. The zero-order chi connectivity index (χ0) is 20.5. The van der Waals surface area contributed by atoms with E-state index < -0.39 is 10.8 Å². The number of nitrogens with one attached hydrogen (secondary N) is 1. The average Bonchev–Trinajstić information content (AvgIpc) is 2.68. The minimum absolute atomic E-state index is 0.127. The van der Waals surface area contributed by atoms with E-state index in [9.17, 15) is 20.2 Å². The van der Waals surface area contributed by atoms with Gasteiger partial charge in [-0.2, -0.15) is 5.26 Å². The van der Waals surface area contributed by atoms with Crippen LogP contribution < -0.4 is 10.1 Å². The smallest absolute Gasteiger partial charge is 0.271 e. The Labute approximate surface area is 163 Å². The number of rotatable bonds is 8. The highest BCUT2D eigenvalue weighted by molar-refractivity contribution is 6.10. The normalized spacial score (nSPS) is 10.8. The third kappa shape index (κ3) is 5.42. The fraction of sp³-hybridized carbons (Fsp3) is 0.238. The summed E-state index contributed by atoms with van der Waals surface area (Å²) >= 11 is 0. The maximum Gasteiger partial charge on any atom is 0.271 e. The summed E-state index contributed by atoms with van der Waals surface area (Å²) < 4.78 is 5.72. The Bertz CT molecular complexity index is 945. The van der Waals surface area contributed by atoms with Crippen molar-refractivity contribution in [3.05, 3.63) is 69.3 Å². The van der Waals surface area contributed by atoms with E-state index in [1.54, 1.807) is 31.2 Å². The number of ether oxygens (including phenoxy) is 1. The van der Waals surface area contributed by atoms with Crippen LogP contribution in [0, 0.1) is 28.4 Å². The molecule has 0 aliphatic carbocycles. The molecule has 1 N–H and O–H groups in total. The van der Waals surface area contributed by atoms with Crippen molar-refractivity contribution in [2.75, 3.05) is 11.9 Å². The molecule has 2 rings (SSSR count). The fourth-order valence-electron chi connectivity index (χ4n) is 2.41. The predicted molar refractivity (Wildman–Crippen MR) is 107 cm³/mol. The molecule has 0 saturated carbocycles. The van der Waals surface area contributed by atoms with Crippen molar-refractivity contribution in [2.24, 2.45) is 0 Å². The molecule has 2 aromatic rings. The van der Waals surface area contributed by atoms with Gasteiger partial charge in [0.1, 0.15) is 17.4 Å². The first-order chi connectivity index (χ1) is 13.5. The van der Waals surface area contributed by atoms with Gasteiger partial charge in [-0.25, -0.2) is 0 Å². The Morgan fingerprint density at radius 2 is 2.07 bits per heavy atom. The lowest BCUT2D eigenvalue weighted by atomic mass is 10.1. The molecule has 0 aliphatic rings. The lowest BCUT2D eigenvalue weighted by Crippen LogP contribution is -2.14. The van der Waals surface area contributed by atoms with Crippen LogP contribution >= 0.6 is 0 Å². The van der Waals surface area contributed by atoms with Gasteiger partial charge >= 0.3 is 0 Å². The van der Waals surface area contributed by atoms with E-state index in [4.69, 9.17) is 4.74 Å². The fourth-order valence-corrected chi connectivity index (χ4v) is 2.41. The molecule has 7 nitrogen and oxygen atoms in total. The molecule has 0 spiro atoms. The first-order valence-corrected chi connectivity index (χ1v) is 8.86. The van der Waals surface area contributed by atoms with Crippen molar-refractivity contribution in [1.82, 2.24) is 0 Å². The van der Waals surface area contributed by atoms with Crippen molar-refractivity contribution in [1.29, 1.82) is 5.26 Å². The van der Waals surface area contributed by atoms with Crippen molar-refractivity contribution >= 4 is 23.4 Å². The second-order valence-corrected chi connectivity index (χ2v) is 6.12. The van der Waals surface area contributed by atoms with Crippen LogP contribution in [0.4, 0.5) is 11.4 Å². The van der Waals surface area contributed by atoms with Crippen molar-refractivity contribution in [2.45, 2.75) is 26.7 Å². The number of benzene rings is 2. The van der Waals surface area contributed by atoms with Crippen LogP contribution in [0.15, 0.2) is 48.0 Å². The number of nitro benzene ring substituents is 1. The maximum atomic E-state index is 12.5. The van der Waals surface area contributed by atoms with E-state index in [-0.39, 0.29) is 16.9 Å². The highest BCUT2D eigenvalue weighted by atomic mass is 16.6. The molecule has 28 heavy (non-hydrogen) atoms. The lowest BCUT2D eigenvalue weighted by Gasteiger charge is -2.10. The zero-order valence-electron chi connectivity index (χ0n) is 15.8. The van der Waals surface area contributed by atoms with Gasteiger partial charge in [0.2, 0.25) is 0 Å². The summed E-state index contributed by atoms with van der Waals surface area (Å²) in [6, 6.07) is 13.2. The highest BCUT2D eigenvalue weighted by Gasteiger charge is 2.15. The minimum Gasteiger partial charge on any atom is -0.493 e. The van der Waals surface area contributed by atoms with Gasteiger partial charge in [-0.1, -0.05) is 37.6 Å². The summed E-state index contributed by atoms with van der Waals surface area (Å²) in [4.78, 5) is 22.9. The minimum atomic E-state index is -0.644. The Hall–Kier alpha value is -3.66. The number of non-ortho nitro benzene ring substituents is 1. The molecule has 0 saturated heterocycles. The Balaban J connectivity index is 2.26. The van der Waals surface area contributed by atoms with Crippen LogP contribution in [-0.4, -0.2) is 17.4 Å². The molecule has 0 unspecified atom stereocenters. The second-order valence-electron chi connectivity index (χ2n) is 6.12. The number of nitro groups is 1. The van der Waals surface area contributed by atoms with Crippen molar-refractivity contribution < 1.29 is 14.5 Å². The number of hydrogen-bond acceptors (Lipinski definition) is 5. The Kier molecular flexibility index (Phi) is 7.28. The molecular weight excluding hydrogens is 358 g/mol. The number of carbonyl (C=O) groups excluding carboxylic acids is 1. The molecule has 0 atom stereocenters. The van der Waals surface area contributed by atoms with E-state index >= 15 is 0 Å². The largest absolute Gasteiger partial charge is 0.493 e. The van der Waals surface area contributed by atoms with Gasteiger partial charge in [0.25, 0.3) is 11.6 Å². The molecule has 0 heterocycles. The standard InChI is InChI=1S/C21H21N3O4/c1-3-4-11-28-20-8-6-5-7-16(20)12-17(14-22)21(25)23-19-13-18(24(26)27)10-9-15(19)2/h5-10,12-13H,3-4,11H2,1-2H3,(H,23,25). The molecular formula is C21H21N3O4. The highest BCUT2D eigenvalue weighted by Crippen LogP contribution is 2.24. The van der Waals surface area contributed by atoms with Gasteiger partial charge in [-0.05, 0) is 31.1 Å². The molecule has 144 valence electrons. The average molecular weight is 379 g/mol. The summed E-state index contributed by atoms with van der Waals surface area (Å²) in [7, 11) is 0. The summed E-state index contributed by atoms with van der Waals surface area (Å²) in [6.45, 7) is 4.32. The number of hydrogen-bond donors (Lipinski definition) is 1. The number of unbranched alkanes of at least 4 members (excludes halogenated alkanes) is 1. The van der Waals surface area contributed by atoms with Crippen LogP contribution in [0.1, 0.15) is 30.9 Å². The van der Waals surface area contributed by atoms with Gasteiger partial charge in [0.15, 0.2) is 0 Å². The first-order valence-electron chi connectivity index (χ1n) is 8.86. The summed E-state index contributed by atoms with van der Waals surface area (Å²) in [5.41, 5.74) is 1.28. The van der Waals surface area contributed by atoms with Crippen LogP contribution in [0.5, 0.6) is 5.75 Å². The van der Waals surface area contributed by atoms with E-state index in [1.807, 2.05) is 12.1 Å². The number of aryl methyl sites for hydroxylation is 1. The number of anilines is 1. The molecule has 0 aromatic heterocycles. The summed E-state index contributed by atoms with van der Waals surface area (Å²) in [5, 5.41) is 22.9. The van der Waals surface area contributed by atoms with Gasteiger partial charge in [0, 0.05) is 17.7 Å². The predicted octanol–water partition coefficient (Wildman–Crippen LogP) is 4.63. The SMILES string of the molecule is CCCCOc1ccccc1C=C(C#N)C(=O)Nc1cc([N+](=O)[O-])ccc1C. The van der Waals surface area contributed by atoms with Crippen LogP contribution in [0.25, 0.3) is 6.08 Å². The number of carbonyl (C=O) groups is 1. The van der Waals surface area contributed by atoms with Gasteiger partial charge in [0.05, 0.1) is 17.2 Å². The van der Waals surface area contributed by atoms with Crippen LogP contribution in [-0.2, 0) is 4.79 Å². The second kappa shape index (κ2) is 9.88. The molecule has 0 fully saturated rings. The monoisotopic (exact) mass is 379 g/mol. The third-order valence-electron chi connectivity index (χ3n) is 4.02. The van der Waals surface area contributed by atoms with E-state index in [2.05, 4.69) is 12.2 Å². The third-order valence-corrected chi connectivity index (χ3v) is 4.02. The Morgan fingerprint density at radius 1 is 1.32 bits per heavy atom. The molecule has 1 amide bonds. The van der Waals surface area contributed by atoms with E-state index in [0.717, 1.165) is 12.8 Å². The van der Waals surface area contributed by atoms with E-state index in [1.165, 1.54) is 18.2 Å². The number of amides is 1. The van der Waals surface area contributed by atoms with Crippen molar-refractivity contribution in [3.63, 3.8) is 0 Å². The van der Waals surface area contributed by atoms with Crippen molar-refractivity contribution in [3.8, 4) is 11.8 Å². The molecule has 0 radical (unpaired) electrons. The Morgan fingerprint density at radius 3 is 2.75 bits per heavy atom. The number of para-hydroxylation sites is 1. The molecule has 0 bridgehead atoms. The lowest BCUT2D eigenvalue weighted by molar-refractivity contribution is -0.384. The number of nitriles is 1. The van der Waals surface area contributed by atoms with Gasteiger partial charge < -0.3 is 10.1 Å². The maximum absolute atomic E-state index is 12.5. The molecule has 2 aromatic carbocycles. The summed E-state index contributed by atoms with van der Waals surface area (Å²) in [6.07, 6.45) is 3.34. The number of nitrogens with zero attached hydrogens (tertiary/aromatic N) is 2. The van der Waals surface area contributed by atoms with Crippen LogP contribution in [0.2, 0.25) is 0 Å². The van der Waals surface area contributed by atoms with Gasteiger partial charge in [-0.3, -0.25) is 14.9 Å². The van der Waals surface area contributed by atoms with Gasteiger partial charge in [-0.15, -0.1) is 0 Å². The zero-order valence-corrected chi connectivity index (χ0v) is 15.8. The topological polar surface area (TPSA) is 105 Å².